The number of carbonyl (C=O) groups excluding carboxylic acids is 6. The van der Waals surface area contributed by atoms with Gasteiger partial charge in [0, 0.05) is 67.9 Å². The van der Waals surface area contributed by atoms with Gasteiger partial charge in [-0.25, -0.2) is 8.78 Å². The van der Waals surface area contributed by atoms with E-state index in [1.54, 1.807) is 55.6 Å². The number of carbonyl (C=O) groups is 6. The lowest BCUT2D eigenvalue weighted by Gasteiger charge is -2.27. The first kappa shape index (κ1) is 62.2. The minimum absolute atomic E-state index is 0.00999. The number of likely N-dealkylation sites (N-methyl/N-ethyl adjacent to an activating group) is 2. The maximum atomic E-state index is 14.0. The van der Waals surface area contributed by atoms with Crippen LogP contribution < -0.4 is 40.5 Å². The summed E-state index contributed by atoms with van der Waals surface area (Å²) in [7, 11) is 8.48. The van der Waals surface area contributed by atoms with E-state index in [1.165, 1.54) is 38.5 Å². The summed E-state index contributed by atoms with van der Waals surface area (Å²) < 4.78 is 38.5. The number of rotatable bonds is 13. The van der Waals surface area contributed by atoms with Gasteiger partial charge in [-0.15, -0.1) is 0 Å². The number of nitrogens with one attached hydrogen (secondary N) is 4. The molecule has 2 aliphatic heterocycles. The van der Waals surface area contributed by atoms with Crippen LogP contribution in [0, 0.1) is 22.5 Å². The number of amides is 6. The molecule has 2 spiro atoms. The smallest absolute Gasteiger partial charge is 0.258 e. The predicted octanol–water partition coefficient (Wildman–Crippen LogP) is 12.3. The van der Waals surface area contributed by atoms with Gasteiger partial charge in [-0.2, -0.15) is 0 Å². The van der Waals surface area contributed by atoms with Crippen LogP contribution in [0.3, 0.4) is 0 Å². The minimum atomic E-state index is -0.598. The quantitative estimate of drug-likeness (QED) is 0.0819. The topological polar surface area (TPSA) is 179 Å². The third-order valence-corrected chi connectivity index (χ3v) is 17.2. The second kappa shape index (κ2) is 27.3. The van der Waals surface area contributed by atoms with Crippen molar-refractivity contribution in [3.8, 4) is 11.5 Å². The molecule has 6 amide bonds. The molecule has 19 heteroatoms. The van der Waals surface area contributed by atoms with E-state index in [0.717, 1.165) is 117 Å². The molecule has 15 nitrogen and oxygen atoms in total. The molecule has 10 rings (SSSR count). The van der Waals surface area contributed by atoms with Crippen LogP contribution in [0.25, 0.3) is 0 Å². The van der Waals surface area contributed by atoms with E-state index >= 15 is 0 Å². The molecule has 2 atom stereocenters. The third kappa shape index (κ3) is 14.6. The normalized spacial score (nSPS) is 18.8. The van der Waals surface area contributed by atoms with Gasteiger partial charge in [0.15, 0.2) is 0 Å². The minimum Gasteiger partial charge on any atom is -0.495 e. The number of hydrogen-bond donors (Lipinski definition) is 4. The molecule has 0 bridgehead atoms. The molecule has 2 fully saturated rings. The Kier molecular flexibility index (Phi) is 19.8. The molecule has 4 N–H and O–H groups in total. The van der Waals surface area contributed by atoms with Gasteiger partial charge in [0.25, 0.3) is 23.6 Å². The Morgan fingerprint density at radius 1 is 0.581 bits per heavy atom. The van der Waals surface area contributed by atoms with Crippen LogP contribution >= 0.6 is 23.2 Å². The maximum absolute atomic E-state index is 14.0. The summed E-state index contributed by atoms with van der Waals surface area (Å²) in [6.45, 7) is 2.44. The maximum Gasteiger partial charge on any atom is 0.258 e. The fourth-order valence-electron chi connectivity index (χ4n) is 12.1. The van der Waals surface area contributed by atoms with Gasteiger partial charge in [0.05, 0.1) is 46.8 Å². The van der Waals surface area contributed by atoms with Crippen LogP contribution in [-0.4, -0.2) is 102 Å². The molecule has 2 aliphatic carbocycles. The molecule has 0 radical (unpaired) electrons. The fourth-order valence-corrected chi connectivity index (χ4v) is 12.5. The highest BCUT2D eigenvalue weighted by molar-refractivity contribution is 6.35. The van der Waals surface area contributed by atoms with Crippen molar-refractivity contribution in [3.63, 3.8) is 0 Å². The van der Waals surface area contributed by atoms with Crippen molar-refractivity contribution in [2.75, 3.05) is 82.0 Å². The number of hydrogen-bond acceptors (Lipinski definition) is 9. The van der Waals surface area contributed by atoms with Crippen molar-refractivity contribution in [2.45, 2.75) is 64.2 Å². The van der Waals surface area contributed by atoms with E-state index in [2.05, 4.69) is 33.4 Å². The largest absolute Gasteiger partial charge is 0.495 e. The highest BCUT2D eigenvalue weighted by atomic mass is 35.5. The van der Waals surface area contributed by atoms with Gasteiger partial charge in [0.2, 0.25) is 11.8 Å². The Hall–Kier alpha value is -8.38. The standard InChI is InChI=1S/C35H38ClFN4O4.C32H31ClFN3O4/c1-40(2)17-15-38-32(42)18-23-12-13-35(21-23)14-16-41(30-7-5-4-6-25(30)22-35)34(44)24-8-11-29(31(19-24)45-3)39-33(43)27-20-26(37)9-10-28(27)36;1-35-29(38)15-20-11-12-32(18-20)13-14-37(27-6-4-3-5-22(27)19-32)31(40)21-7-10-26(28(16-21)41-2)36-30(39)24-17-23(34)8-9-25(24)33/h4-11,18-20H,12-17,21-22H2,1-3H3,(H,38,42)(H,39,43);3-10,15-17H,11-14,18-19H2,1-2H3,(H,35,38)(H,36,39)/t35-;32-/m11/s1. The molecule has 2 heterocycles. The number of halogens is 4. The predicted molar refractivity (Wildman–Crippen MR) is 332 cm³/mol. The van der Waals surface area contributed by atoms with Crippen molar-refractivity contribution in [1.29, 1.82) is 0 Å². The molecule has 0 unspecified atom stereocenters. The van der Waals surface area contributed by atoms with E-state index in [1.807, 2.05) is 65.2 Å². The lowest BCUT2D eigenvalue weighted by atomic mass is 9.77. The summed E-state index contributed by atoms with van der Waals surface area (Å²) in [6, 6.07) is 32.7. The highest BCUT2D eigenvalue weighted by Gasteiger charge is 2.42. The van der Waals surface area contributed by atoms with E-state index in [9.17, 15) is 37.5 Å². The molecule has 6 aromatic carbocycles. The third-order valence-electron chi connectivity index (χ3n) is 16.6. The first-order chi connectivity index (χ1) is 41.3. The highest BCUT2D eigenvalue weighted by Crippen LogP contribution is 2.51. The van der Waals surface area contributed by atoms with Crippen LogP contribution in [0.5, 0.6) is 11.5 Å². The lowest BCUT2D eigenvalue weighted by molar-refractivity contribution is -0.117. The number of fused-ring (bicyclic) bond motifs is 2. The first-order valence-corrected chi connectivity index (χ1v) is 29.3. The Labute approximate surface area is 509 Å². The number of para-hydroxylation sites is 2. The second-order valence-corrected chi connectivity index (χ2v) is 23.5. The van der Waals surface area contributed by atoms with Crippen LogP contribution in [0.2, 0.25) is 10.0 Å². The van der Waals surface area contributed by atoms with Gasteiger partial charge in [-0.3, -0.25) is 28.8 Å². The second-order valence-electron chi connectivity index (χ2n) is 22.7. The van der Waals surface area contributed by atoms with Crippen molar-refractivity contribution in [2.24, 2.45) is 10.8 Å². The molecule has 0 saturated heterocycles. The Morgan fingerprint density at radius 2 is 1.02 bits per heavy atom. The monoisotopic (exact) mass is 1210 g/mol. The zero-order chi connectivity index (χ0) is 61.3. The summed E-state index contributed by atoms with van der Waals surface area (Å²) in [6.07, 6.45) is 12.0. The van der Waals surface area contributed by atoms with Gasteiger partial charge in [0.1, 0.15) is 23.1 Å². The Balaban J connectivity index is 0.000000206. The average Bonchev–Trinajstić information content (AvgIpc) is 3.12. The van der Waals surface area contributed by atoms with Crippen LogP contribution in [0.1, 0.15) is 104 Å². The van der Waals surface area contributed by atoms with Gasteiger partial charge >= 0.3 is 0 Å². The molecular weight excluding hydrogens is 1140 g/mol. The zero-order valence-electron chi connectivity index (χ0n) is 48.7. The summed E-state index contributed by atoms with van der Waals surface area (Å²) in [5.41, 5.74) is 7.61. The number of allylic oxidation sites excluding steroid dienone is 2. The summed E-state index contributed by atoms with van der Waals surface area (Å²) >= 11 is 12.2. The molecule has 4 aliphatic rings. The van der Waals surface area contributed by atoms with Gasteiger partial charge < -0.3 is 45.4 Å². The molecular formula is C67H69Cl2F2N7O8. The van der Waals surface area contributed by atoms with Crippen molar-refractivity contribution in [3.05, 3.63) is 200 Å². The summed E-state index contributed by atoms with van der Waals surface area (Å²) in [4.78, 5) is 83.8. The van der Waals surface area contributed by atoms with E-state index < -0.39 is 23.4 Å². The number of nitrogens with zero attached hydrogens (tertiary/aromatic N) is 3. The molecule has 448 valence electrons. The first-order valence-electron chi connectivity index (χ1n) is 28.5. The van der Waals surface area contributed by atoms with Crippen LogP contribution in [0.15, 0.2) is 145 Å². The number of anilines is 4. The van der Waals surface area contributed by atoms with Crippen molar-refractivity contribution in [1.82, 2.24) is 15.5 Å². The molecule has 2 saturated carbocycles. The average molecular weight is 1210 g/mol. The van der Waals surface area contributed by atoms with E-state index in [4.69, 9.17) is 32.7 Å². The van der Waals surface area contributed by atoms with Crippen molar-refractivity contribution >= 4 is 81.4 Å². The van der Waals surface area contributed by atoms with Crippen LogP contribution in [0.4, 0.5) is 31.5 Å². The Bertz CT molecular complexity index is 3670. The van der Waals surface area contributed by atoms with Crippen LogP contribution in [-0.2, 0) is 22.4 Å². The van der Waals surface area contributed by atoms with E-state index in [-0.39, 0.29) is 67.1 Å². The van der Waals surface area contributed by atoms with E-state index in [0.29, 0.717) is 42.1 Å². The Morgan fingerprint density at radius 3 is 1.45 bits per heavy atom. The zero-order valence-corrected chi connectivity index (χ0v) is 50.2. The number of ether oxygens (including phenoxy) is 2. The molecule has 86 heavy (non-hydrogen) atoms. The molecule has 0 aromatic heterocycles. The SMILES string of the molecule is CNC(=O)C=C1CC[C@@]2(CCN(C(=O)c3ccc(NC(=O)c4cc(F)ccc4Cl)c(OC)c3)c3ccccc3C2)C1.COc1cc(C(=O)N2CC[C@@]3(CCC(=CC(=O)NCCN(C)C)C3)Cc3ccccc32)ccc1NC(=O)c1cc(F)ccc1Cl. The lowest BCUT2D eigenvalue weighted by Crippen LogP contribution is -2.33. The van der Waals surface area contributed by atoms with Gasteiger partial charge in [-0.05, 0) is 185 Å². The number of methoxy groups -OCH3 is 2. The molecule has 6 aromatic rings. The summed E-state index contributed by atoms with van der Waals surface area (Å²) in [5, 5.41) is 11.3. The van der Waals surface area contributed by atoms with Crippen molar-refractivity contribution < 1.29 is 47.0 Å². The fraction of sp³-hybridized carbons (Fsp3) is 0.313. The summed E-state index contributed by atoms with van der Waals surface area (Å²) in [5.74, 6) is -2.29. The van der Waals surface area contributed by atoms with Gasteiger partial charge in [-0.1, -0.05) is 70.7 Å². The number of benzene rings is 6.